The van der Waals surface area contributed by atoms with E-state index in [0.29, 0.717) is 18.4 Å². The van der Waals surface area contributed by atoms with Crippen molar-refractivity contribution in [3.63, 3.8) is 0 Å². The van der Waals surface area contributed by atoms with E-state index in [1.54, 1.807) is 0 Å². The normalized spacial score (nSPS) is 22.6. The smallest absolute Gasteiger partial charge is 0.317 e. The quantitative estimate of drug-likeness (QED) is 0.693. The van der Waals surface area contributed by atoms with Crippen LogP contribution in [0.15, 0.2) is 0 Å². The van der Waals surface area contributed by atoms with E-state index in [1.807, 2.05) is 4.90 Å². The van der Waals surface area contributed by atoms with E-state index in [9.17, 15) is 9.90 Å². The van der Waals surface area contributed by atoms with Gasteiger partial charge in [0.25, 0.3) is 0 Å². The van der Waals surface area contributed by atoms with E-state index in [4.69, 9.17) is 5.11 Å². The molecule has 2 fully saturated rings. The van der Waals surface area contributed by atoms with E-state index < -0.39 is 5.97 Å². The minimum absolute atomic E-state index is 0.0677. The number of aliphatic hydroxyl groups is 1. The second-order valence-corrected chi connectivity index (χ2v) is 6.07. The fourth-order valence-corrected chi connectivity index (χ4v) is 3.06. The summed E-state index contributed by atoms with van der Waals surface area (Å²) < 4.78 is 0. The first kappa shape index (κ1) is 13.8. The molecule has 0 radical (unpaired) electrons. The summed E-state index contributed by atoms with van der Waals surface area (Å²) in [7, 11) is 0. The van der Waals surface area contributed by atoms with Crippen molar-refractivity contribution >= 4 is 5.97 Å². The maximum Gasteiger partial charge on any atom is 0.317 e. The third kappa shape index (κ3) is 4.94. The van der Waals surface area contributed by atoms with Crippen LogP contribution in [-0.2, 0) is 4.79 Å². The van der Waals surface area contributed by atoms with E-state index in [1.165, 1.54) is 38.5 Å². The van der Waals surface area contributed by atoms with Crippen molar-refractivity contribution in [2.75, 3.05) is 19.6 Å². The molecular formula is C14H25NO3. The number of hydrogen-bond donors (Lipinski definition) is 2. The summed E-state index contributed by atoms with van der Waals surface area (Å²) in [6.45, 7) is 1.44. The molecule has 2 rings (SSSR count). The van der Waals surface area contributed by atoms with Gasteiger partial charge in [0.05, 0.1) is 12.6 Å². The number of carboxylic acids is 1. The molecule has 0 amide bonds. The average molecular weight is 255 g/mol. The zero-order valence-corrected chi connectivity index (χ0v) is 11.1. The Morgan fingerprint density at radius 3 is 2.39 bits per heavy atom. The molecule has 104 valence electrons. The zero-order valence-electron chi connectivity index (χ0n) is 11.1. The Kier molecular flexibility index (Phi) is 5.01. The Hall–Kier alpha value is -0.610. The van der Waals surface area contributed by atoms with Crippen LogP contribution in [0.5, 0.6) is 0 Å². The van der Waals surface area contributed by atoms with Crippen LogP contribution in [-0.4, -0.2) is 46.8 Å². The van der Waals surface area contributed by atoms with Gasteiger partial charge in [0.2, 0.25) is 0 Å². The largest absolute Gasteiger partial charge is 0.480 e. The molecule has 4 heteroatoms. The van der Waals surface area contributed by atoms with Gasteiger partial charge < -0.3 is 10.2 Å². The van der Waals surface area contributed by atoms with Gasteiger partial charge in [-0.3, -0.25) is 9.69 Å². The number of nitrogens with zero attached hydrogens (tertiary/aromatic N) is 1. The Morgan fingerprint density at radius 1 is 1.17 bits per heavy atom. The molecule has 0 bridgehead atoms. The highest BCUT2D eigenvalue weighted by molar-refractivity contribution is 5.69. The lowest BCUT2D eigenvalue weighted by atomic mass is 10.00. The van der Waals surface area contributed by atoms with Crippen molar-refractivity contribution in [2.45, 2.75) is 51.0 Å². The Labute approximate surface area is 109 Å². The molecule has 0 aliphatic heterocycles. The second-order valence-electron chi connectivity index (χ2n) is 6.07. The Bertz CT molecular complexity index is 272. The van der Waals surface area contributed by atoms with Gasteiger partial charge in [-0.1, -0.05) is 25.7 Å². The maximum absolute atomic E-state index is 10.8. The van der Waals surface area contributed by atoms with Crippen molar-refractivity contribution in [1.82, 2.24) is 4.90 Å². The molecule has 2 aliphatic rings. The average Bonchev–Trinajstić information content (AvgIpc) is 2.92. The summed E-state index contributed by atoms with van der Waals surface area (Å²) >= 11 is 0. The molecule has 4 nitrogen and oxygen atoms in total. The summed E-state index contributed by atoms with van der Waals surface area (Å²) in [5, 5.41) is 19.0. The first-order chi connectivity index (χ1) is 8.63. The molecular weight excluding hydrogens is 230 g/mol. The van der Waals surface area contributed by atoms with Gasteiger partial charge >= 0.3 is 5.97 Å². The van der Waals surface area contributed by atoms with Gasteiger partial charge in [0.1, 0.15) is 0 Å². The van der Waals surface area contributed by atoms with E-state index >= 15 is 0 Å². The van der Waals surface area contributed by atoms with Gasteiger partial charge in [0, 0.05) is 13.1 Å². The molecule has 0 spiro atoms. The van der Waals surface area contributed by atoms with Crippen molar-refractivity contribution in [2.24, 2.45) is 11.8 Å². The molecule has 0 saturated heterocycles. The minimum atomic E-state index is -0.788. The summed E-state index contributed by atoms with van der Waals surface area (Å²) in [4.78, 5) is 12.7. The van der Waals surface area contributed by atoms with E-state index in [0.717, 1.165) is 13.0 Å². The van der Waals surface area contributed by atoms with Crippen molar-refractivity contribution in [3.8, 4) is 0 Å². The van der Waals surface area contributed by atoms with Crippen molar-refractivity contribution < 1.29 is 15.0 Å². The predicted octanol–water partition coefficient (Wildman–Crippen LogP) is 1.72. The highest BCUT2D eigenvalue weighted by Crippen LogP contribution is 2.31. The fraction of sp³-hybridized carbons (Fsp3) is 0.929. The molecule has 2 saturated carbocycles. The number of carboxylic acid groups (broad SMARTS) is 1. The molecule has 0 aromatic heterocycles. The zero-order chi connectivity index (χ0) is 13.0. The van der Waals surface area contributed by atoms with Gasteiger partial charge in [-0.05, 0) is 31.1 Å². The number of carbonyl (C=O) groups is 1. The number of aliphatic hydroxyl groups excluding tert-OH is 1. The first-order valence-electron chi connectivity index (χ1n) is 7.25. The molecule has 1 atom stereocenters. The molecule has 0 aromatic carbocycles. The second kappa shape index (κ2) is 6.53. The molecule has 1 unspecified atom stereocenters. The highest BCUT2D eigenvalue weighted by atomic mass is 16.4. The van der Waals surface area contributed by atoms with Crippen LogP contribution in [0, 0.1) is 11.8 Å². The molecule has 2 aliphatic carbocycles. The summed E-state index contributed by atoms with van der Waals surface area (Å²) in [6, 6.07) is 0. The molecule has 2 N–H and O–H groups in total. The van der Waals surface area contributed by atoms with E-state index in [-0.39, 0.29) is 12.6 Å². The topological polar surface area (TPSA) is 60.8 Å². The molecule has 0 heterocycles. The summed E-state index contributed by atoms with van der Waals surface area (Å²) in [5.74, 6) is 0.541. The summed E-state index contributed by atoms with van der Waals surface area (Å²) in [5.41, 5.74) is 0. The van der Waals surface area contributed by atoms with Crippen molar-refractivity contribution in [1.29, 1.82) is 0 Å². The van der Waals surface area contributed by atoms with E-state index in [2.05, 4.69) is 0 Å². The van der Waals surface area contributed by atoms with Crippen LogP contribution in [0.25, 0.3) is 0 Å². The van der Waals surface area contributed by atoms with Crippen LogP contribution >= 0.6 is 0 Å². The molecule has 0 aromatic rings. The monoisotopic (exact) mass is 255 g/mol. The number of hydrogen-bond acceptors (Lipinski definition) is 3. The van der Waals surface area contributed by atoms with Gasteiger partial charge in [-0.2, -0.15) is 0 Å². The minimum Gasteiger partial charge on any atom is -0.480 e. The van der Waals surface area contributed by atoms with Gasteiger partial charge in [-0.25, -0.2) is 0 Å². The maximum atomic E-state index is 10.8. The predicted molar refractivity (Wildman–Crippen MR) is 69.4 cm³/mol. The third-order valence-electron chi connectivity index (χ3n) is 4.12. The lowest BCUT2D eigenvalue weighted by molar-refractivity contribution is -0.138. The Balaban J connectivity index is 1.72. The highest BCUT2D eigenvalue weighted by Gasteiger charge is 2.27. The number of aliphatic carboxylic acids is 1. The van der Waals surface area contributed by atoms with Crippen molar-refractivity contribution in [3.05, 3.63) is 0 Å². The lowest BCUT2D eigenvalue weighted by Gasteiger charge is -2.24. The number of rotatable bonds is 8. The van der Waals surface area contributed by atoms with Crippen LogP contribution in [0.2, 0.25) is 0 Å². The van der Waals surface area contributed by atoms with Gasteiger partial charge in [0.15, 0.2) is 0 Å². The molecule has 18 heavy (non-hydrogen) atoms. The fourth-order valence-electron chi connectivity index (χ4n) is 3.06. The van der Waals surface area contributed by atoms with Crippen LogP contribution in [0.1, 0.15) is 44.9 Å². The SMILES string of the molecule is O=C(O)CN(CC(O)CC1CCCC1)CC1CC1. The summed E-state index contributed by atoms with van der Waals surface area (Å²) in [6.07, 6.45) is 7.98. The standard InChI is InChI=1S/C14H25NO3/c16-13(7-11-3-1-2-4-11)9-15(10-14(17)18)8-12-5-6-12/h11-13,16H,1-10H2,(H,17,18). The lowest BCUT2D eigenvalue weighted by Crippen LogP contribution is -2.38. The van der Waals surface area contributed by atoms with Crippen LogP contribution in [0.4, 0.5) is 0 Å². The Morgan fingerprint density at radius 2 is 1.83 bits per heavy atom. The van der Waals surface area contributed by atoms with Crippen LogP contribution < -0.4 is 0 Å². The van der Waals surface area contributed by atoms with Gasteiger partial charge in [-0.15, -0.1) is 0 Å². The third-order valence-corrected chi connectivity index (χ3v) is 4.12. The first-order valence-corrected chi connectivity index (χ1v) is 7.25. The van der Waals surface area contributed by atoms with Crippen LogP contribution in [0.3, 0.4) is 0 Å².